The maximum absolute atomic E-state index is 5.28. The fraction of sp³-hybridized carbons (Fsp3) is 0.100. The monoisotopic (exact) mass is 156 g/mol. The van der Waals surface area contributed by atoms with Crippen LogP contribution in [-0.4, -0.2) is 9.55 Å². The Morgan fingerprint density at radius 1 is 1.42 bits per heavy atom. The van der Waals surface area contributed by atoms with E-state index >= 15 is 0 Å². The molecule has 0 bridgehead atoms. The SMILES string of the molecule is C#Cc1nc2ccccc2n1C. The first-order valence-corrected chi connectivity index (χ1v) is 3.71. The van der Waals surface area contributed by atoms with E-state index < -0.39 is 0 Å². The van der Waals surface area contributed by atoms with Crippen LogP contribution in [0.15, 0.2) is 24.3 Å². The second kappa shape index (κ2) is 2.38. The number of aromatic nitrogens is 2. The average molecular weight is 156 g/mol. The summed E-state index contributed by atoms with van der Waals surface area (Å²) in [4.78, 5) is 4.26. The molecule has 1 aromatic heterocycles. The van der Waals surface area contributed by atoms with Crippen LogP contribution in [0.5, 0.6) is 0 Å². The Morgan fingerprint density at radius 2 is 2.17 bits per heavy atom. The van der Waals surface area contributed by atoms with Crippen LogP contribution in [-0.2, 0) is 7.05 Å². The average Bonchev–Trinajstić information content (AvgIpc) is 2.44. The fourth-order valence-electron chi connectivity index (χ4n) is 1.27. The lowest BCUT2D eigenvalue weighted by Gasteiger charge is -1.93. The Labute approximate surface area is 70.8 Å². The van der Waals surface area contributed by atoms with Gasteiger partial charge < -0.3 is 4.57 Å². The van der Waals surface area contributed by atoms with E-state index in [9.17, 15) is 0 Å². The Hall–Kier alpha value is -1.75. The molecule has 2 nitrogen and oxygen atoms in total. The lowest BCUT2D eigenvalue weighted by Crippen LogP contribution is -1.90. The minimum absolute atomic E-state index is 0.677. The zero-order chi connectivity index (χ0) is 8.55. The molecule has 0 spiro atoms. The van der Waals surface area contributed by atoms with Gasteiger partial charge in [-0.1, -0.05) is 12.1 Å². The summed E-state index contributed by atoms with van der Waals surface area (Å²) in [7, 11) is 1.92. The molecule has 0 saturated heterocycles. The molecule has 12 heavy (non-hydrogen) atoms. The Kier molecular flexibility index (Phi) is 1.38. The van der Waals surface area contributed by atoms with Gasteiger partial charge >= 0.3 is 0 Å². The molecule has 0 amide bonds. The van der Waals surface area contributed by atoms with Crippen molar-refractivity contribution in [2.45, 2.75) is 0 Å². The summed E-state index contributed by atoms with van der Waals surface area (Å²) in [5.74, 6) is 3.21. The summed E-state index contributed by atoms with van der Waals surface area (Å²) in [6.45, 7) is 0. The Bertz CT molecular complexity index is 460. The molecule has 0 atom stereocenters. The van der Waals surface area contributed by atoms with Gasteiger partial charge in [-0.05, 0) is 18.1 Å². The molecule has 0 radical (unpaired) electrons. The van der Waals surface area contributed by atoms with Gasteiger partial charge in [0.1, 0.15) is 0 Å². The number of nitrogens with zero attached hydrogens (tertiary/aromatic N) is 2. The highest BCUT2D eigenvalue weighted by molar-refractivity contribution is 5.76. The third-order valence-corrected chi connectivity index (χ3v) is 1.92. The summed E-state index contributed by atoms with van der Waals surface area (Å²) in [6.07, 6.45) is 5.28. The van der Waals surface area contributed by atoms with E-state index in [2.05, 4.69) is 10.9 Å². The molecule has 0 unspecified atom stereocenters. The molecule has 2 aromatic rings. The van der Waals surface area contributed by atoms with Gasteiger partial charge in [-0.2, -0.15) is 0 Å². The van der Waals surface area contributed by atoms with Crippen molar-refractivity contribution in [1.29, 1.82) is 0 Å². The number of rotatable bonds is 0. The third-order valence-electron chi connectivity index (χ3n) is 1.92. The van der Waals surface area contributed by atoms with Crippen molar-refractivity contribution in [2.24, 2.45) is 7.05 Å². The van der Waals surface area contributed by atoms with Gasteiger partial charge in [0.05, 0.1) is 11.0 Å². The van der Waals surface area contributed by atoms with Crippen molar-refractivity contribution in [1.82, 2.24) is 9.55 Å². The lowest BCUT2D eigenvalue weighted by molar-refractivity contribution is 0.926. The van der Waals surface area contributed by atoms with Crippen molar-refractivity contribution in [3.63, 3.8) is 0 Å². The first kappa shape index (κ1) is 6.93. The number of hydrogen-bond donors (Lipinski definition) is 0. The highest BCUT2D eigenvalue weighted by atomic mass is 15.0. The molecular formula is C10H8N2. The van der Waals surface area contributed by atoms with E-state index in [1.807, 2.05) is 35.9 Å². The molecule has 2 rings (SSSR count). The number of benzene rings is 1. The van der Waals surface area contributed by atoms with Gasteiger partial charge in [0, 0.05) is 7.05 Å². The van der Waals surface area contributed by atoms with Gasteiger partial charge in [-0.3, -0.25) is 0 Å². The van der Waals surface area contributed by atoms with Crippen molar-refractivity contribution >= 4 is 11.0 Å². The summed E-state index contributed by atoms with van der Waals surface area (Å²) >= 11 is 0. The minimum Gasteiger partial charge on any atom is -0.320 e. The summed E-state index contributed by atoms with van der Waals surface area (Å²) in [6, 6.07) is 7.89. The van der Waals surface area contributed by atoms with Gasteiger partial charge in [-0.25, -0.2) is 4.98 Å². The smallest absolute Gasteiger partial charge is 0.185 e. The number of para-hydroxylation sites is 2. The fourth-order valence-corrected chi connectivity index (χ4v) is 1.27. The molecule has 0 aliphatic heterocycles. The van der Waals surface area contributed by atoms with Crippen molar-refractivity contribution in [3.05, 3.63) is 30.1 Å². The van der Waals surface area contributed by atoms with Crippen LogP contribution in [0.1, 0.15) is 5.82 Å². The molecule has 0 fully saturated rings. The third kappa shape index (κ3) is 0.802. The second-order valence-corrected chi connectivity index (χ2v) is 2.63. The second-order valence-electron chi connectivity index (χ2n) is 2.63. The topological polar surface area (TPSA) is 17.8 Å². The van der Waals surface area contributed by atoms with E-state index in [0.29, 0.717) is 5.82 Å². The number of imidazole rings is 1. The Balaban J connectivity index is 2.90. The van der Waals surface area contributed by atoms with Crippen LogP contribution >= 0.6 is 0 Å². The van der Waals surface area contributed by atoms with Crippen LogP contribution in [0.3, 0.4) is 0 Å². The molecule has 2 heteroatoms. The van der Waals surface area contributed by atoms with E-state index in [0.717, 1.165) is 11.0 Å². The van der Waals surface area contributed by atoms with Crippen molar-refractivity contribution in [2.75, 3.05) is 0 Å². The van der Waals surface area contributed by atoms with Crippen LogP contribution in [0, 0.1) is 12.3 Å². The highest BCUT2D eigenvalue weighted by Crippen LogP contribution is 2.12. The highest BCUT2D eigenvalue weighted by Gasteiger charge is 2.02. The van der Waals surface area contributed by atoms with Crippen LogP contribution in [0.4, 0.5) is 0 Å². The number of aryl methyl sites for hydroxylation is 1. The molecule has 0 aliphatic carbocycles. The van der Waals surface area contributed by atoms with Gasteiger partial charge in [0.15, 0.2) is 5.82 Å². The first-order chi connectivity index (χ1) is 5.83. The minimum atomic E-state index is 0.677. The summed E-state index contributed by atoms with van der Waals surface area (Å²) < 4.78 is 1.91. The normalized spacial score (nSPS) is 10.0. The standard InChI is InChI=1S/C10H8N2/c1-3-10-11-8-6-4-5-7-9(8)12(10)2/h1,4-7H,2H3. The number of terminal acetylenes is 1. The summed E-state index contributed by atoms with van der Waals surface area (Å²) in [5.41, 5.74) is 2.03. The zero-order valence-electron chi connectivity index (χ0n) is 6.78. The molecule has 0 saturated carbocycles. The first-order valence-electron chi connectivity index (χ1n) is 3.71. The maximum Gasteiger partial charge on any atom is 0.185 e. The van der Waals surface area contributed by atoms with Crippen LogP contribution < -0.4 is 0 Å². The largest absolute Gasteiger partial charge is 0.320 e. The van der Waals surface area contributed by atoms with Gasteiger partial charge in [0.25, 0.3) is 0 Å². The van der Waals surface area contributed by atoms with Crippen molar-refractivity contribution < 1.29 is 0 Å². The van der Waals surface area contributed by atoms with Gasteiger partial charge in [-0.15, -0.1) is 6.42 Å². The lowest BCUT2D eigenvalue weighted by atomic mass is 10.3. The van der Waals surface area contributed by atoms with E-state index in [1.54, 1.807) is 0 Å². The van der Waals surface area contributed by atoms with Gasteiger partial charge in [0.2, 0.25) is 0 Å². The van der Waals surface area contributed by atoms with Crippen LogP contribution in [0.25, 0.3) is 11.0 Å². The Morgan fingerprint density at radius 3 is 2.83 bits per heavy atom. The summed E-state index contributed by atoms with van der Waals surface area (Å²) in [5, 5.41) is 0. The van der Waals surface area contributed by atoms with Crippen molar-refractivity contribution in [3.8, 4) is 12.3 Å². The molecule has 0 N–H and O–H groups in total. The predicted molar refractivity (Wildman–Crippen MR) is 48.6 cm³/mol. The van der Waals surface area contributed by atoms with E-state index in [1.165, 1.54) is 0 Å². The number of hydrogen-bond acceptors (Lipinski definition) is 1. The molecule has 1 heterocycles. The van der Waals surface area contributed by atoms with Crippen LogP contribution in [0.2, 0.25) is 0 Å². The molecule has 0 aliphatic rings. The number of fused-ring (bicyclic) bond motifs is 1. The maximum atomic E-state index is 5.28. The molecule has 58 valence electrons. The van der Waals surface area contributed by atoms with E-state index in [4.69, 9.17) is 6.42 Å². The molecule has 1 aromatic carbocycles. The van der Waals surface area contributed by atoms with E-state index in [-0.39, 0.29) is 0 Å². The predicted octanol–water partition coefficient (Wildman–Crippen LogP) is 1.55. The zero-order valence-corrected chi connectivity index (χ0v) is 6.78. The quantitative estimate of drug-likeness (QED) is 0.529. The molecular weight excluding hydrogens is 148 g/mol.